The fourth-order valence-electron chi connectivity index (χ4n) is 3.78. The predicted molar refractivity (Wildman–Crippen MR) is 78.8 cm³/mol. The first kappa shape index (κ1) is 14.8. The van der Waals surface area contributed by atoms with Gasteiger partial charge in [-0.2, -0.15) is 0 Å². The Labute approximate surface area is 118 Å². The Morgan fingerprint density at radius 2 is 1.95 bits per heavy atom. The van der Waals surface area contributed by atoms with Gasteiger partial charge in [-0.25, -0.2) is 0 Å². The lowest BCUT2D eigenvalue weighted by molar-refractivity contribution is -0.132. The standard InChI is InChI=1S/C16H30N2O/c1-5-7-13-15(19)18(14(17-13)8-6-2)12-9-10-16(3,4)11-12/h12-14,17H,5-11H2,1-4H3. The van der Waals surface area contributed by atoms with Crippen LogP contribution in [0.5, 0.6) is 0 Å². The minimum atomic E-state index is 0.0743. The van der Waals surface area contributed by atoms with E-state index in [9.17, 15) is 4.79 Å². The Kier molecular flexibility index (Phi) is 4.54. The van der Waals surface area contributed by atoms with Crippen LogP contribution in [0.25, 0.3) is 0 Å². The van der Waals surface area contributed by atoms with E-state index in [1.807, 2.05) is 0 Å². The van der Waals surface area contributed by atoms with Crippen molar-refractivity contribution in [3.05, 3.63) is 0 Å². The van der Waals surface area contributed by atoms with Crippen molar-refractivity contribution in [1.29, 1.82) is 0 Å². The lowest BCUT2D eigenvalue weighted by Crippen LogP contribution is -2.43. The zero-order valence-electron chi connectivity index (χ0n) is 13.0. The summed E-state index contributed by atoms with van der Waals surface area (Å²) in [6.45, 7) is 9.03. The first-order valence-corrected chi connectivity index (χ1v) is 8.06. The summed E-state index contributed by atoms with van der Waals surface area (Å²) in [5.74, 6) is 0.364. The minimum Gasteiger partial charge on any atom is -0.323 e. The van der Waals surface area contributed by atoms with Gasteiger partial charge in [-0.05, 0) is 37.5 Å². The molecule has 0 aromatic carbocycles. The van der Waals surface area contributed by atoms with E-state index in [1.165, 1.54) is 19.3 Å². The monoisotopic (exact) mass is 266 g/mol. The second kappa shape index (κ2) is 5.82. The number of amides is 1. The summed E-state index contributed by atoms with van der Waals surface area (Å²) in [4.78, 5) is 14.8. The molecule has 1 saturated heterocycles. The van der Waals surface area contributed by atoms with Crippen molar-refractivity contribution < 1.29 is 4.79 Å². The minimum absolute atomic E-state index is 0.0743. The van der Waals surface area contributed by atoms with E-state index in [-0.39, 0.29) is 12.2 Å². The Morgan fingerprint density at radius 1 is 1.26 bits per heavy atom. The van der Waals surface area contributed by atoms with Gasteiger partial charge in [0.25, 0.3) is 0 Å². The largest absolute Gasteiger partial charge is 0.323 e. The molecule has 3 nitrogen and oxygen atoms in total. The van der Waals surface area contributed by atoms with E-state index in [0.717, 1.165) is 25.7 Å². The molecule has 3 atom stereocenters. The molecule has 0 spiro atoms. The van der Waals surface area contributed by atoms with Crippen molar-refractivity contribution in [2.24, 2.45) is 5.41 Å². The highest BCUT2D eigenvalue weighted by Gasteiger charge is 2.45. The topological polar surface area (TPSA) is 32.3 Å². The normalized spacial score (nSPS) is 34.2. The average molecular weight is 266 g/mol. The Hall–Kier alpha value is -0.570. The number of rotatable bonds is 5. The summed E-state index contributed by atoms with van der Waals surface area (Å²) < 4.78 is 0. The van der Waals surface area contributed by atoms with Crippen LogP contribution in [0, 0.1) is 5.41 Å². The molecule has 1 saturated carbocycles. The SMILES string of the molecule is CCCC1NC(CCC)N(C2CCC(C)(C)C2)C1=O. The molecule has 0 aromatic rings. The van der Waals surface area contributed by atoms with Gasteiger partial charge >= 0.3 is 0 Å². The predicted octanol–water partition coefficient (Wildman–Crippen LogP) is 3.29. The number of hydrogen-bond acceptors (Lipinski definition) is 2. The molecule has 0 bridgehead atoms. The van der Waals surface area contributed by atoms with Gasteiger partial charge in [0.1, 0.15) is 0 Å². The highest BCUT2D eigenvalue weighted by molar-refractivity contribution is 5.84. The van der Waals surface area contributed by atoms with Crippen molar-refractivity contribution in [3.8, 4) is 0 Å². The molecule has 1 heterocycles. The van der Waals surface area contributed by atoms with Crippen LogP contribution in [0.2, 0.25) is 0 Å². The quantitative estimate of drug-likeness (QED) is 0.828. The van der Waals surface area contributed by atoms with Crippen molar-refractivity contribution in [2.75, 3.05) is 0 Å². The molecule has 19 heavy (non-hydrogen) atoms. The molecule has 110 valence electrons. The van der Waals surface area contributed by atoms with Crippen molar-refractivity contribution in [1.82, 2.24) is 10.2 Å². The zero-order valence-corrected chi connectivity index (χ0v) is 13.0. The van der Waals surface area contributed by atoms with E-state index in [0.29, 0.717) is 17.4 Å². The highest BCUT2D eigenvalue weighted by atomic mass is 16.2. The first-order valence-electron chi connectivity index (χ1n) is 8.06. The average Bonchev–Trinajstić information content (AvgIpc) is 2.82. The third-order valence-corrected chi connectivity index (χ3v) is 4.76. The molecule has 0 aromatic heterocycles. The Morgan fingerprint density at radius 3 is 2.47 bits per heavy atom. The van der Waals surface area contributed by atoms with Gasteiger partial charge in [-0.1, -0.05) is 40.5 Å². The molecule has 1 aliphatic carbocycles. The van der Waals surface area contributed by atoms with Crippen LogP contribution in [0.4, 0.5) is 0 Å². The van der Waals surface area contributed by atoms with Crippen molar-refractivity contribution in [3.63, 3.8) is 0 Å². The van der Waals surface area contributed by atoms with Crippen LogP contribution in [0.3, 0.4) is 0 Å². The summed E-state index contributed by atoms with van der Waals surface area (Å²) in [5.41, 5.74) is 0.407. The van der Waals surface area contributed by atoms with Gasteiger partial charge in [0.05, 0.1) is 12.2 Å². The molecule has 3 unspecified atom stereocenters. The summed E-state index contributed by atoms with van der Waals surface area (Å²) in [6, 6.07) is 0.540. The Bertz CT molecular complexity index is 327. The molecule has 2 rings (SSSR count). The maximum Gasteiger partial charge on any atom is 0.241 e. The van der Waals surface area contributed by atoms with Crippen LogP contribution in [-0.2, 0) is 4.79 Å². The van der Waals surface area contributed by atoms with Crippen LogP contribution in [-0.4, -0.2) is 29.1 Å². The molecule has 1 amide bonds. The van der Waals surface area contributed by atoms with Crippen molar-refractivity contribution >= 4 is 5.91 Å². The van der Waals surface area contributed by atoms with Crippen LogP contribution >= 0.6 is 0 Å². The van der Waals surface area contributed by atoms with E-state index in [2.05, 4.69) is 37.9 Å². The second-order valence-corrected chi connectivity index (χ2v) is 7.12. The van der Waals surface area contributed by atoms with E-state index >= 15 is 0 Å². The summed E-state index contributed by atoms with van der Waals surface area (Å²) >= 11 is 0. The van der Waals surface area contributed by atoms with Crippen LogP contribution in [0.15, 0.2) is 0 Å². The number of carbonyl (C=O) groups excluding carboxylic acids is 1. The van der Waals surface area contributed by atoms with Gasteiger partial charge in [0.15, 0.2) is 0 Å². The van der Waals surface area contributed by atoms with E-state index < -0.39 is 0 Å². The smallest absolute Gasteiger partial charge is 0.241 e. The molecule has 3 heteroatoms. The maximum atomic E-state index is 12.6. The number of nitrogens with one attached hydrogen (secondary N) is 1. The number of nitrogens with zero attached hydrogens (tertiary/aromatic N) is 1. The lowest BCUT2D eigenvalue weighted by atomic mass is 9.91. The fourth-order valence-corrected chi connectivity index (χ4v) is 3.78. The number of carbonyl (C=O) groups is 1. The van der Waals surface area contributed by atoms with Gasteiger partial charge in [0.2, 0.25) is 5.91 Å². The van der Waals surface area contributed by atoms with E-state index in [4.69, 9.17) is 0 Å². The van der Waals surface area contributed by atoms with Gasteiger partial charge in [-0.3, -0.25) is 10.1 Å². The summed E-state index contributed by atoms with van der Waals surface area (Å²) in [7, 11) is 0. The molecule has 2 fully saturated rings. The highest BCUT2D eigenvalue weighted by Crippen LogP contribution is 2.41. The molecule has 1 aliphatic heterocycles. The van der Waals surface area contributed by atoms with Gasteiger partial charge in [0, 0.05) is 6.04 Å². The summed E-state index contributed by atoms with van der Waals surface area (Å²) in [6.07, 6.45) is 8.16. The van der Waals surface area contributed by atoms with Crippen LogP contribution < -0.4 is 5.32 Å². The van der Waals surface area contributed by atoms with Crippen molar-refractivity contribution in [2.45, 2.75) is 90.9 Å². The lowest BCUT2D eigenvalue weighted by Gasteiger charge is -2.31. The molecule has 1 N–H and O–H groups in total. The second-order valence-electron chi connectivity index (χ2n) is 7.12. The van der Waals surface area contributed by atoms with E-state index in [1.54, 1.807) is 0 Å². The molecule has 2 aliphatic rings. The first-order chi connectivity index (χ1) is 8.98. The van der Waals surface area contributed by atoms with Gasteiger partial charge in [-0.15, -0.1) is 0 Å². The fraction of sp³-hybridized carbons (Fsp3) is 0.938. The van der Waals surface area contributed by atoms with Gasteiger partial charge < -0.3 is 4.90 Å². The van der Waals surface area contributed by atoms with Crippen LogP contribution in [0.1, 0.15) is 72.6 Å². The Balaban J connectivity index is 2.09. The number of hydrogen-bond donors (Lipinski definition) is 1. The molecular formula is C16H30N2O. The maximum absolute atomic E-state index is 12.6. The summed E-state index contributed by atoms with van der Waals surface area (Å²) in [5, 5.41) is 3.57. The third kappa shape index (κ3) is 3.13. The molecular weight excluding hydrogens is 236 g/mol. The third-order valence-electron chi connectivity index (χ3n) is 4.76. The molecule has 0 radical (unpaired) electrons. The zero-order chi connectivity index (χ0) is 14.0.